The average molecular weight is 354 g/mol. The number of hydrogen-bond donors (Lipinski definition) is 2. The topological polar surface area (TPSA) is 83.6 Å². The summed E-state index contributed by atoms with van der Waals surface area (Å²) in [6.07, 6.45) is 4.96. The summed E-state index contributed by atoms with van der Waals surface area (Å²) in [7, 11) is 1.32. The molecule has 1 saturated heterocycles. The lowest BCUT2D eigenvalue weighted by Gasteiger charge is -2.25. The highest BCUT2D eigenvalue weighted by Gasteiger charge is 2.29. The normalized spacial score (nSPS) is 16.2. The van der Waals surface area contributed by atoms with Crippen molar-refractivity contribution in [1.82, 2.24) is 15.2 Å². The fourth-order valence-corrected chi connectivity index (χ4v) is 3.10. The molecule has 0 unspecified atom stereocenters. The Kier molecular flexibility index (Phi) is 5.68. The molecule has 26 heavy (non-hydrogen) atoms. The summed E-state index contributed by atoms with van der Waals surface area (Å²) < 4.78 is 4.55. The fourth-order valence-electron chi connectivity index (χ4n) is 3.10. The van der Waals surface area contributed by atoms with Crippen molar-refractivity contribution in [1.29, 1.82) is 0 Å². The van der Waals surface area contributed by atoms with Gasteiger partial charge in [0.1, 0.15) is 0 Å². The zero-order chi connectivity index (χ0) is 18.4. The van der Waals surface area contributed by atoms with E-state index in [4.69, 9.17) is 0 Å². The van der Waals surface area contributed by atoms with Gasteiger partial charge in [-0.2, -0.15) is 0 Å². The van der Waals surface area contributed by atoms with Crippen LogP contribution in [0.3, 0.4) is 0 Å². The van der Waals surface area contributed by atoms with Crippen molar-refractivity contribution in [3.63, 3.8) is 0 Å². The van der Waals surface area contributed by atoms with Crippen LogP contribution in [0.15, 0.2) is 48.8 Å². The van der Waals surface area contributed by atoms with Gasteiger partial charge in [-0.1, -0.05) is 12.1 Å². The van der Waals surface area contributed by atoms with Crippen LogP contribution in [-0.4, -0.2) is 35.7 Å². The van der Waals surface area contributed by atoms with Crippen LogP contribution < -0.4 is 10.6 Å². The number of amides is 3. The highest BCUT2D eigenvalue weighted by molar-refractivity contribution is 5.84. The molecule has 1 aliphatic heterocycles. The molecular weight excluding hydrogens is 332 g/mol. The van der Waals surface area contributed by atoms with Crippen molar-refractivity contribution in [2.45, 2.75) is 25.4 Å². The Morgan fingerprint density at radius 1 is 1.19 bits per heavy atom. The predicted molar refractivity (Wildman–Crippen MR) is 97.6 cm³/mol. The number of pyridine rings is 1. The Labute approximate surface area is 152 Å². The molecular formula is C19H22N4O3. The molecule has 3 amide bonds. The third kappa shape index (κ3) is 4.30. The molecule has 2 N–H and O–H groups in total. The third-order valence-electron chi connectivity index (χ3n) is 4.43. The Hall–Kier alpha value is -3.09. The zero-order valence-corrected chi connectivity index (χ0v) is 14.6. The van der Waals surface area contributed by atoms with Gasteiger partial charge >= 0.3 is 12.1 Å². The van der Waals surface area contributed by atoms with Gasteiger partial charge in [-0.25, -0.2) is 9.59 Å². The second-order valence-electron chi connectivity index (χ2n) is 6.10. The number of rotatable bonds is 4. The molecule has 3 rings (SSSR count). The van der Waals surface area contributed by atoms with E-state index in [1.165, 1.54) is 7.11 Å². The minimum Gasteiger partial charge on any atom is -0.453 e. The number of ether oxygens (including phenoxy) is 1. The van der Waals surface area contributed by atoms with Crippen LogP contribution in [0.5, 0.6) is 0 Å². The van der Waals surface area contributed by atoms with E-state index in [1.54, 1.807) is 24.5 Å². The Morgan fingerprint density at radius 3 is 2.62 bits per heavy atom. The summed E-state index contributed by atoms with van der Waals surface area (Å²) >= 11 is 0. The molecule has 0 saturated carbocycles. The summed E-state index contributed by atoms with van der Waals surface area (Å²) in [5.41, 5.74) is 2.71. The van der Waals surface area contributed by atoms with Crippen LogP contribution in [0.2, 0.25) is 0 Å². The second-order valence-corrected chi connectivity index (χ2v) is 6.10. The van der Waals surface area contributed by atoms with Crippen LogP contribution >= 0.6 is 0 Å². The Morgan fingerprint density at radius 2 is 1.92 bits per heavy atom. The molecule has 0 spiro atoms. The van der Waals surface area contributed by atoms with Gasteiger partial charge in [0.05, 0.1) is 13.2 Å². The van der Waals surface area contributed by atoms with Crippen molar-refractivity contribution < 1.29 is 14.3 Å². The molecule has 1 fully saturated rings. The number of methoxy groups -OCH3 is 1. The van der Waals surface area contributed by atoms with E-state index in [1.807, 2.05) is 29.2 Å². The lowest BCUT2D eigenvalue weighted by atomic mass is 10.1. The molecule has 0 bridgehead atoms. The number of carbonyl (C=O) groups is 2. The smallest absolute Gasteiger partial charge is 0.411 e. The minimum atomic E-state index is -0.512. The Balaban J connectivity index is 1.56. The first-order valence-corrected chi connectivity index (χ1v) is 8.55. The fraction of sp³-hybridized carbons (Fsp3) is 0.316. The van der Waals surface area contributed by atoms with E-state index in [0.717, 1.165) is 30.5 Å². The monoisotopic (exact) mass is 354 g/mol. The maximum absolute atomic E-state index is 12.6. The lowest BCUT2D eigenvalue weighted by molar-refractivity contribution is 0.187. The van der Waals surface area contributed by atoms with Crippen LogP contribution in [0.4, 0.5) is 15.3 Å². The van der Waals surface area contributed by atoms with Crippen LogP contribution in [0.25, 0.3) is 0 Å². The van der Waals surface area contributed by atoms with E-state index in [9.17, 15) is 9.59 Å². The number of carbonyl (C=O) groups excluding carboxylic acids is 2. The van der Waals surface area contributed by atoms with Gasteiger partial charge in [0, 0.05) is 31.2 Å². The standard InChI is InChI=1S/C19H22N4O3/c1-26-19(25)22-16-6-4-14(5-7-16)13-21-18(24)23-12-2-3-17(23)15-8-10-20-11-9-15/h4-11,17H,2-3,12-13H2,1H3,(H,21,24)(H,22,25)/t17-/m0/s1. The number of nitrogens with zero attached hydrogens (tertiary/aromatic N) is 2. The Bertz CT molecular complexity index is 749. The molecule has 1 aromatic heterocycles. The highest BCUT2D eigenvalue weighted by atomic mass is 16.5. The summed E-state index contributed by atoms with van der Waals surface area (Å²) in [5.74, 6) is 0. The van der Waals surface area contributed by atoms with E-state index in [2.05, 4.69) is 20.4 Å². The molecule has 7 nitrogen and oxygen atoms in total. The largest absolute Gasteiger partial charge is 0.453 e. The number of hydrogen-bond acceptors (Lipinski definition) is 4. The van der Waals surface area contributed by atoms with E-state index in [-0.39, 0.29) is 12.1 Å². The molecule has 1 aromatic carbocycles. The van der Waals surface area contributed by atoms with Crippen molar-refractivity contribution in [2.24, 2.45) is 0 Å². The SMILES string of the molecule is COC(=O)Nc1ccc(CNC(=O)N2CCC[C@H]2c2ccncc2)cc1. The van der Waals surface area contributed by atoms with Crippen molar-refractivity contribution in [2.75, 3.05) is 19.0 Å². The summed E-state index contributed by atoms with van der Waals surface area (Å²) in [6.45, 7) is 1.18. The quantitative estimate of drug-likeness (QED) is 0.882. The molecule has 0 aliphatic carbocycles. The number of likely N-dealkylation sites (tertiary alicyclic amines) is 1. The molecule has 2 aromatic rings. The van der Waals surface area contributed by atoms with Gasteiger partial charge in [-0.15, -0.1) is 0 Å². The number of anilines is 1. The molecule has 7 heteroatoms. The van der Waals surface area contributed by atoms with Crippen LogP contribution in [0, 0.1) is 0 Å². The van der Waals surface area contributed by atoms with Gasteiger partial charge in [0.2, 0.25) is 0 Å². The number of aromatic nitrogens is 1. The molecule has 1 aliphatic rings. The van der Waals surface area contributed by atoms with E-state index in [0.29, 0.717) is 12.2 Å². The average Bonchev–Trinajstić information content (AvgIpc) is 3.18. The second kappa shape index (κ2) is 8.33. The first-order chi connectivity index (χ1) is 12.7. The maximum Gasteiger partial charge on any atom is 0.411 e. The zero-order valence-electron chi connectivity index (χ0n) is 14.6. The minimum absolute atomic E-state index is 0.0684. The van der Waals surface area contributed by atoms with Gasteiger partial charge in [0.15, 0.2) is 0 Å². The van der Waals surface area contributed by atoms with Gasteiger partial charge in [0.25, 0.3) is 0 Å². The van der Waals surface area contributed by atoms with Crippen LogP contribution in [-0.2, 0) is 11.3 Å². The van der Waals surface area contributed by atoms with Gasteiger partial charge in [-0.3, -0.25) is 10.3 Å². The van der Waals surface area contributed by atoms with Crippen molar-refractivity contribution in [3.8, 4) is 0 Å². The molecule has 0 radical (unpaired) electrons. The van der Waals surface area contributed by atoms with Crippen LogP contribution in [0.1, 0.15) is 30.0 Å². The lowest BCUT2D eigenvalue weighted by Crippen LogP contribution is -2.39. The van der Waals surface area contributed by atoms with E-state index >= 15 is 0 Å². The van der Waals surface area contributed by atoms with Gasteiger partial charge < -0.3 is 15.0 Å². The van der Waals surface area contributed by atoms with Crippen molar-refractivity contribution in [3.05, 3.63) is 59.9 Å². The van der Waals surface area contributed by atoms with Crippen molar-refractivity contribution >= 4 is 17.8 Å². The van der Waals surface area contributed by atoms with E-state index < -0.39 is 6.09 Å². The highest BCUT2D eigenvalue weighted by Crippen LogP contribution is 2.31. The predicted octanol–water partition coefficient (Wildman–Crippen LogP) is 3.31. The number of urea groups is 1. The van der Waals surface area contributed by atoms with Gasteiger partial charge in [-0.05, 0) is 48.2 Å². The molecule has 1 atom stereocenters. The maximum atomic E-state index is 12.6. The number of benzene rings is 1. The molecule has 136 valence electrons. The first-order valence-electron chi connectivity index (χ1n) is 8.55. The summed E-state index contributed by atoms with van der Waals surface area (Å²) in [6, 6.07) is 11.2. The number of nitrogens with one attached hydrogen (secondary N) is 2. The summed E-state index contributed by atoms with van der Waals surface area (Å²) in [4.78, 5) is 29.7. The summed E-state index contributed by atoms with van der Waals surface area (Å²) in [5, 5.41) is 5.56. The first kappa shape index (κ1) is 17.7. The third-order valence-corrected chi connectivity index (χ3v) is 4.43. The molecule has 2 heterocycles.